The molecule has 1 aliphatic rings. The number of carbonyl (C=O) groups excluding carboxylic acids is 1. The van der Waals surface area contributed by atoms with Crippen LogP contribution < -0.4 is 4.90 Å². The van der Waals surface area contributed by atoms with Gasteiger partial charge < -0.3 is 9.80 Å². The Balaban J connectivity index is 1.68. The Morgan fingerprint density at radius 1 is 1.23 bits per heavy atom. The molecular formula is C23H27FN6O. The molecule has 1 atom stereocenters. The number of hydrogen-bond donors (Lipinski definition) is 0. The number of anilines is 1. The van der Waals surface area contributed by atoms with Crippen LogP contribution in [0, 0.1) is 12.7 Å². The van der Waals surface area contributed by atoms with E-state index in [4.69, 9.17) is 4.98 Å². The van der Waals surface area contributed by atoms with Gasteiger partial charge in [-0.15, -0.1) is 0 Å². The number of aromatic nitrogens is 4. The molecule has 0 radical (unpaired) electrons. The van der Waals surface area contributed by atoms with Gasteiger partial charge in [-0.3, -0.25) is 9.48 Å². The van der Waals surface area contributed by atoms with E-state index in [9.17, 15) is 9.18 Å². The minimum Gasteiger partial charge on any atom is -0.347 e. The number of benzene rings is 1. The number of amides is 1. The number of halogens is 1. The summed E-state index contributed by atoms with van der Waals surface area (Å²) in [5.41, 5.74) is 4.01. The minimum absolute atomic E-state index is 0.000483. The third-order valence-electron chi connectivity index (χ3n) is 5.70. The third-order valence-corrected chi connectivity index (χ3v) is 5.70. The van der Waals surface area contributed by atoms with Gasteiger partial charge in [-0.2, -0.15) is 5.10 Å². The first-order chi connectivity index (χ1) is 14.8. The SMILES string of the molecule is Cc1nn(C)cc1C(=O)N1CCC[C@H](c2nc(N(C)C)ncc2-c2ccc(F)cc2)C1. The quantitative estimate of drug-likeness (QED) is 0.645. The second kappa shape index (κ2) is 8.45. The zero-order chi connectivity index (χ0) is 22.1. The predicted octanol–water partition coefficient (Wildman–Crippen LogP) is 3.41. The van der Waals surface area contributed by atoms with Gasteiger partial charge in [-0.1, -0.05) is 12.1 Å². The molecule has 1 saturated heterocycles. The lowest BCUT2D eigenvalue weighted by atomic mass is 9.89. The molecule has 0 N–H and O–H groups in total. The first kappa shape index (κ1) is 21.0. The van der Waals surface area contributed by atoms with E-state index in [1.165, 1.54) is 12.1 Å². The first-order valence-electron chi connectivity index (χ1n) is 10.4. The average Bonchev–Trinajstić information content (AvgIpc) is 3.11. The summed E-state index contributed by atoms with van der Waals surface area (Å²) in [5, 5.41) is 4.31. The standard InChI is InChI=1S/C23H27FN6O/c1-15-20(14-29(4)27-15)22(31)30-11-5-6-17(13-30)21-19(12-25-23(26-21)28(2)3)16-7-9-18(24)10-8-16/h7-10,12,14,17H,5-6,11,13H2,1-4H3/t17-/m0/s1. The molecule has 0 saturated carbocycles. The molecule has 1 amide bonds. The number of likely N-dealkylation sites (tertiary alicyclic amines) is 1. The van der Waals surface area contributed by atoms with E-state index in [0.29, 0.717) is 24.6 Å². The van der Waals surface area contributed by atoms with Crippen LogP contribution in [0.3, 0.4) is 0 Å². The zero-order valence-electron chi connectivity index (χ0n) is 18.3. The van der Waals surface area contributed by atoms with E-state index in [1.807, 2.05) is 37.9 Å². The van der Waals surface area contributed by atoms with Gasteiger partial charge in [0.25, 0.3) is 5.91 Å². The summed E-state index contributed by atoms with van der Waals surface area (Å²) >= 11 is 0. The highest BCUT2D eigenvalue weighted by molar-refractivity contribution is 5.95. The van der Waals surface area contributed by atoms with Crippen molar-refractivity contribution in [3.8, 4) is 11.1 Å². The van der Waals surface area contributed by atoms with Crippen molar-refractivity contribution in [2.24, 2.45) is 7.05 Å². The molecule has 1 aliphatic heterocycles. The molecule has 31 heavy (non-hydrogen) atoms. The highest BCUT2D eigenvalue weighted by Crippen LogP contribution is 2.34. The van der Waals surface area contributed by atoms with Crippen LogP contribution in [0.5, 0.6) is 0 Å². The fourth-order valence-corrected chi connectivity index (χ4v) is 4.13. The van der Waals surface area contributed by atoms with E-state index < -0.39 is 0 Å². The maximum absolute atomic E-state index is 13.5. The summed E-state index contributed by atoms with van der Waals surface area (Å²) in [4.78, 5) is 26.3. The minimum atomic E-state index is -0.280. The van der Waals surface area contributed by atoms with Gasteiger partial charge in [0.05, 0.1) is 17.0 Å². The molecular weight excluding hydrogens is 395 g/mol. The lowest BCUT2D eigenvalue weighted by Gasteiger charge is -2.33. The van der Waals surface area contributed by atoms with E-state index in [1.54, 1.807) is 29.2 Å². The Kier molecular flexibility index (Phi) is 5.71. The van der Waals surface area contributed by atoms with Crippen LogP contribution in [0.2, 0.25) is 0 Å². The number of piperidine rings is 1. The average molecular weight is 423 g/mol. The third kappa shape index (κ3) is 4.28. The fourth-order valence-electron chi connectivity index (χ4n) is 4.13. The summed E-state index contributed by atoms with van der Waals surface area (Å²) in [6.07, 6.45) is 5.39. The van der Waals surface area contributed by atoms with E-state index >= 15 is 0 Å². The van der Waals surface area contributed by atoms with Gasteiger partial charge >= 0.3 is 0 Å². The Morgan fingerprint density at radius 3 is 2.61 bits per heavy atom. The van der Waals surface area contributed by atoms with E-state index in [-0.39, 0.29) is 17.6 Å². The number of nitrogens with zero attached hydrogens (tertiary/aromatic N) is 6. The Bertz CT molecular complexity index is 1090. The maximum atomic E-state index is 13.5. The summed E-state index contributed by atoms with van der Waals surface area (Å²) < 4.78 is 15.1. The molecule has 0 spiro atoms. The molecule has 162 valence electrons. The van der Waals surface area contributed by atoms with Crippen molar-refractivity contribution in [2.45, 2.75) is 25.7 Å². The summed E-state index contributed by atoms with van der Waals surface area (Å²) in [7, 11) is 5.62. The topological polar surface area (TPSA) is 67.2 Å². The van der Waals surface area contributed by atoms with Crippen molar-refractivity contribution in [1.82, 2.24) is 24.6 Å². The smallest absolute Gasteiger partial charge is 0.257 e. The van der Waals surface area contributed by atoms with Crippen LogP contribution in [0.1, 0.15) is 40.5 Å². The Hall–Kier alpha value is -3.29. The molecule has 0 aliphatic carbocycles. The van der Waals surface area contributed by atoms with Gasteiger partial charge in [0.2, 0.25) is 5.95 Å². The largest absolute Gasteiger partial charge is 0.347 e. The van der Waals surface area contributed by atoms with Crippen LogP contribution in [0.4, 0.5) is 10.3 Å². The van der Waals surface area contributed by atoms with Crippen LogP contribution in [-0.4, -0.2) is 57.7 Å². The lowest BCUT2D eigenvalue weighted by molar-refractivity contribution is 0.0705. The normalized spacial score (nSPS) is 16.4. The van der Waals surface area contributed by atoms with Crippen molar-refractivity contribution in [3.05, 3.63) is 59.4 Å². The summed E-state index contributed by atoms with van der Waals surface area (Å²) in [6.45, 7) is 3.14. The van der Waals surface area contributed by atoms with Crippen LogP contribution in [0.15, 0.2) is 36.7 Å². The van der Waals surface area contributed by atoms with Crippen LogP contribution in [0.25, 0.3) is 11.1 Å². The zero-order valence-corrected chi connectivity index (χ0v) is 18.3. The maximum Gasteiger partial charge on any atom is 0.257 e. The molecule has 3 heterocycles. The second-order valence-corrected chi connectivity index (χ2v) is 8.26. The molecule has 3 aromatic rings. The molecule has 1 fully saturated rings. The first-order valence-corrected chi connectivity index (χ1v) is 10.4. The second-order valence-electron chi connectivity index (χ2n) is 8.26. The number of carbonyl (C=O) groups is 1. The molecule has 4 rings (SSSR count). The van der Waals surface area contributed by atoms with Crippen molar-refractivity contribution in [2.75, 3.05) is 32.1 Å². The Labute approximate surface area is 181 Å². The monoisotopic (exact) mass is 422 g/mol. The molecule has 1 aromatic carbocycles. The highest BCUT2D eigenvalue weighted by atomic mass is 19.1. The van der Waals surface area contributed by atoms with Gasteiger partial charge in [0, 0.05) is 58.1 Å². The Morgan fingerprint density at radius 2 is 1.97 bits per heavy atom. The number of rotatable bonds is 4. The highest BCUT2D eigenvalue weighted by Gasteiger charge is 2.30. The van der Waals surface area contributed by atoms with Crippen LogP contribution in [-0.2, 0) is 7.05 Å². The molecule has 0 bridgehead atoms. The summed E-state index contributed by atoms with van der Waals surface area (Å²) in [5.74, 6) is 0.404. The molecule has 8 heteroatoms. The predicted molar refractivity (Wildman–Crippen MR) is 118 cm³/mol. The molecule has 2 aromatic heterocycles. The molecule has 7 nitrogen and oxygen atoms in total. The molecule has 0 unspecified atom stereocenters. The van der Waals surface area contributed by atoms with Gasteiger partial charge in [0.1, 0.15) is 5.82 Å². The lowest BCUT2D eigenvalue weighted by Crippen LogP contribution is -2.39. The number of aryl methyl sites for hydroxylation is 2. The van der Waals surface area contributed by atoms with Crippen molar-refractivity contribution < 1.29 is 9.18 Å². The van der Waals surface area contributed by atoms with E-state index in [0.717, 1.165) is 35.4 Å². The van der Waals surface area contributed by atoms with Crippen molar-refractivity contribution in [1.29, 1.82) is 0 Å². The fraction of sp³-hybridized carbons (Fsp3) is 0.391. The van der Waals surface area contributed by atoms with Gasteiger partial charge in [-0.05, 0) is 37.5 Å². The number of hydrogen-bond acceptors (Lipinski definition) is 5. The van der Waals surface area contributed by atoms with Crippen LogP contribution >= 0.6 is 0 Å². The van der Waals surface area contributed by atoms with E-state index in [2.05, 4.69) is 10.1 Å². The van der Waals surface area contributed by atoms with Crippen molar-refractivity contribution in [3.63, 3.8) is 0 Å². The van der Waals surface area contributed by atoms with Crippen molar-refractivity contribution >= 4 is 11.9 Å². The van der Waals surface area contributed by atoms with Gasteiger partial charge in [-0.25, -0.2) is 14.4 Å². The van der Waals surface area contributed by atoms with Gasteiger partial charge in [0.15, 0.2) is 0 Å². The summed E-state index contributed by atoms with van der Waals surface area (Å²) in [6, 6.07) is 6.39.